The van der Waals surface area contributed by atoms with Gasteiger partial charge in [0.15, 0.2) is 5.11 Å². The van der Waals surface area contributed by atoms with E-state index in [0.717, 1.165) is 21.4 Å². The van der Waals surface area contributed by atoms with Crippen LogP contribution in [-0.4, -0.2) is 20.0 Å². The highest BCUT2D eigenvalue weighted by atomic mass is 79.9. The standard InChI is InChI=1S/C20H14BrN5O2S/c21-13-3-7-15(8-4-13)23-20(29)22-14-5-1-12(2-6-14)19-24-17-10-9-16(26(27)28)11-18(17)25-19/h1-11H,(H,24,25)(H2,22,23,29). The largest absolute Gasteiger partial charge is 0.338 e. The molecule has 0 saturated carbocycles. The van der Waals surface area contributed by atoms with Gasteiger partial charge in [-0.05, 0) is 66.8 Å². The number of anilines is 2. The number of imidazole rings is 1. The zero-order chi connectivity index (χ0) is 20.4. The van der Waals surface area contributed by atoms with E-state index in [2.05, 4.69) is 36.5 Å². The van der Waals surface area contributed by atoms with E-state index in [1.807, 2.05) is 48.5 Å². The van der Waals surface area contributed by atoms with Crippen LogP contribution in [0.5, 0.6) is 0 Å². The Bertz CT molecular complexity index is 1210. The molecule has 4 rings (SSSR count). The number of nitrogens with one attached hydrogen (secondary N) is 3. The summed E-state index contributed by atoms with van der Waals surface area (Å²) in [6.45, 7) is 0. The van der Waals surface area contributed by atoms with Crippen LogP contribution in [0.15, 0.2) is 71.2 Å². The maximum Gasteiger partial charge on any atom is 0.271 e. The molecule has 3 aromatic carbocycles. The third-order valence-electron chi connectivity index (χ3n) is 4.19. The molecular weight excluding hydrogens is 454 g/mol. The number of hydrogen-bond donors (Lipinski definition) is 3. The molecule has 1 heterocycles. The van der Waals surface area contributed by atoms with Crippen molar-refractivity contribution >= 4 is 61.4 Å². The van der Waals surface area contributed by atoms with Gasteiger partial charge in [0.25, 0.3) is 5.69 Å². The van der Waals surface area contributed by atoms with Crippen LogP contribution in [0.25, 0.3) is 22.4 Å². The lowest BCUT2D eigenvalue weighted by atomic mass is 10.2. The van der Waals surface area contributed by atoms with Crippen molar-refractivity contribution in [3.8, 4) is 11.4 Å². The van der Waals surface area contributed by atoms with Crippen LogP contribution in [0.2, 0.25) is 0 Å². The van der Waals surface area contributed by atoms with Crippen molar-refractivity contribution in [2.24, 2.45) is 0 Å². The number of rotatable bonds is 4. The second kappa shape index (κ2) is 7.98. The Labute approximate surface area is 179 Å². The van der Waals surface area contributed by atoms with Gasteiger partial charge in [-0.2, -0.15) is 0 Å². The van der Waals surface area contributed by atoms with Crippen molar-refractivity contribution in [2.45, 2.75) is 0 Å². The molecule has 0 saturated heterocycles. The Morgan fingerprint density at radius 2 is 1.62 bits per heavy atom. The molecule has 7 nitrogen and oxygen atoms in total. The van der Waals surface area contributed by atoms with Crippen LogP contribution < -0.4 is 10.6 Å². The number of fused-ring (bicyclic) bond motifs is 1. The van der Waals surface area contributed by atoms with Gasteiger partial charge < -0.3 is 15.6 Å². The molecule has 0 atom stereocenters. The Hall–Kier alpha value is -3.30. The number of halogens is 1. The Morgan fingerprint density at radius 1 is 1.00 bits per heavy atom. The number of nitro benzene ring substituents is 1. The molecule has 29 heavy (non-hydrogen) atoms. The number of nitro groups is 1. The van der Waals surface area contributed by atoms with Crippen molar-refractivity contribution in [1.82, 2.24) is 9.97 Å². The fraction of sp³-hybridized carbons (Fsp3) is 0. The zero-order valence-electron chi connectivity index (χ0n) is 14.8. The van der Waals surface area contributed by atoms with E-state index in [-0.39, 0.29) is 5.69 Å². The van der Waals surface area contributed by atoms with Crippen LogP contribution >= 0.6 is 28.1 Å². The molecule has 0 amide bonds. The summed E-state index contributed by atoms with van der Waals surface area (Å²) in [4.78, 5) is 18.1. The zero-order valence-corrected chi connectivity index (χ0v) is 17.3. The Balaban J connectivity index is 1.47. The van der Waals surface area contributed by atoms with Gasteiger partial charge in [0.05, 0.1) is 16.0 Å². The van der Waals surface area contributed by atoms with Crippen LogP contribution in [0.1, 0.15) is 0 Å². The average molecular weight is 468 g/mol. The average Bonchev–Trinajstić information content (AvgIpc) is 3.13. The van der Waals surface area contributed by atoms with Gasteiger partial charge in [-0.1, -0.05) is 15.9 Å². The van der Waals surface area contributed by atoms with Crippen LogP contribution in [0, 0.1) is 10.1 Å². The molecule has 9 heteroatoms. The highest BCUT2D eigenvalue weighted by molar-refractivity contribution is 9.10. The van der Waals surface area contributed by atoms with Crippen LogP contribution in [0.4, 0.5) is 17.1 Å². The maximum atomic E-state index is 10.9. The lowest BCUT2D eigenvalue weighted by Crippen LogP contribution is -2.18. The minimum Gasteiger partial charge on any atom is -0.338 e. The second-order valence-electron chi connectivity index (χ2n) is 6.21. The number of aromatic amines is 1. The predicted molar refractivity (Wildman–Crippen MR) is 122 cm³/mol. The van der Waals surface area contributed by atoms with Gasteiger partial charge in [0.2, 0.25) is 0 Å². The van der Waals surface area contributed by atoms with Gasteiger partial charge in [0.1, 0.15) is 5.82 Å². The van der Waals surface area contributed by atoms with Gasteiger partial charge >= 0.3 is 0 Å². The van der Waals surface area contributed by atoms with Crippen LogP contribution in [0.3, 0.4) is 0 Å². The first-order chi connectivity index (χ1) is 14.0. The van der Waals surface area contributed by atoms with Gasteiger partial charge in [-0.25, -0.2) is 4.98 Å². The lowest BCUT2D eigenvalue weighted by Gasteiger charge is -2.11. The first-order valence-electron chi connectivity index (χ1n) is 8.56. The molecule has 0 aliphatic rings. The van der Waals surface area contributed by atoms with E-state index < -0.39 is 4.92 Å². The fourth-order valence-electron chi connectivity index (χ4n) is 2.79. The normalized spacial score (nSPS) is 10.7. The van der Waals surface area contributed by atoms with Gasteiger partial charge in [-0.3, -0.25) is 10.1 Å². The minimum atomic E-state index is -0.425. The summed E-state index contributed by atoms with van der Waals surface area (Å²) < 4.78 is 0.998. The molecule has 1 aromatic heterocycles. The molecule has 4 aromatic rings. The van der Waals surface area contributed by atoms with E-state index in [1.165, 1.54) is 12.1 Å². The fourth-order valence-corrected chi connectivity index (χ4v) is 3.29. The number of nitrogens with zero attached hydrogens (tertiary/aromatic N) is 2. The summed E-state index contributed by atoms with van der Waals surface area (Å²) >= 11 is 8.75. The molecule has 144 valence electrons. The monoisotopic (exact) mass is 467 g/mol. The number of aromatic nitrogens is 2. The number of thiocarbonyl (C=S) groups is 1. The molecule has 0 aliphatic carbocycles. The summed E-state index contributed by atoms with van der Waals surface area (Å²) in [5.41, 5.74) is 3.90. The summed E-state index contributed by atoms with van der Waals surface area (Å²) in [5, 5.41) is 17.7. The Kier molecular flexibility index (Phi) is 5.24. The molecule has 0 radical (unpaired) electrons. The maximum absolute atomic E-state index is 10.9. The molecule has 0 fully saturated rings. The molecule has 0 aliphatic heterocycles. The molecule has 0 unspecified atom stereocenters. The summed E-state index contributed by atoms with van der Waals surface area (Å²) in [6.07, 6.45) is 0. The van der Waals surface area contributed by atoms with Crippen molar-refractivity contribution in [1.29, 1.82) is 0 Å². The number of benzene rings is 3. The highest BCUT2D eigenvalue weighted by Gasteiger charge is 2.11. The lowest BCUT2D eigenvalue weighted by molar-refractivity contribution is -0.384. The third-order valence-corrected chi connectivity index (χ3v) is 4.93. The third kappa shape index (κ3) is 4.41. The van der Waals surface area contributed by atoms with Gasteiger partial charge in [0, 0.05) is 33.5 Å². The van der Waals surface area contributed by atoms with Gasteiger partial charge in [-0.15, -0.1) is 0 Å². The summed E-state index contributed by atoms with van der Waals surface area (Å²) in [6, 6.07) is 19.8. The van der Waals surface area contributed by atoms with Crippen molar-refractivity contribution in [3.63, 3.8) is 0 Å². The number of hydrogen-bond acceptors (Lipinski definition) is 4. The summed E-state index contributed by atoms with van der Waals surface area (Å²) in [7, 11) is 0. The highest BCUT2D eigenvalue weighted by Crippen LogP contribution is 2.25. The van der Waals surface area contributed by atoms with E-state index in [4.69, 9.17) is 12.2 Å². The van der Waals surface area contributed by atoms with E-state index in [0.29, 0.717) is 22.0 Å². The number of H-pyrrole nitrogens is 1. The first kappa shape index (κ1) is 19.0. The van der Waals surface area contributed by atoms with Crippen molar-refractivity contribution in [3.05, 3.63) is 81.3 Å². The minimum absolute atomic E-state index is 0.0269. The van der Waals surface area contributed by atoms with E-state index in [9.17, 15) is 10.1 Å². The van der Waals surface area contributed by atoms with E-state index in [1.54, 1.807) is 6.07 Å². The SMILES string of the molecule is O=[N+]([O-])c1ccc2nc(-c3ccc(NC(=S)Nc4ccc(Br)cc4)cc3)[nH]c2c1. The number of non-ortho nitro benzene ring substituents is 1. The van der Waals surface area contributed by atoms with Crippen molar-refractivity contribution < 1.29 is 4.92 Å². The second-order valence-corrected chi connectivity index (χ2v) is 7.53. The quantitative estimate of drug-likeness (QED) is 0.202. The summed E-state index contributed by atoms with van der Waals surface area (Å²) in [5.74, 6) is 0.641. The topological polar surface area (TPSA) is 95.9 Å². The molecule has 0 bridgehead atoms. The molecule has 0 spiro atoms. The van der Waals surface area contributed by atoms with Crippen molar-refractivity contribution in [2.75, 3.05) is 10.6 Å². The molecular formula is C20H14BrN5O2S. The smallest absolute Gasteiger partial charge is 0.271 e. The predicted octanol–water partition coefficient (Wildman–Crippen LogP) is 5.71. The molecule has 3 N–H and O–H groups in total. The van der Waals surface area contributed by atoms with E-state index >= 15 is 0 Å². The Morgan fingerprint density at radius 3 is 2.24 bits per heavy atom. The van der Waals surface area contributed by atoms with Crippen LogP contribution in [-0.2, 0) is 0 Å². The first-order valence-corrected chi connectivity index (χ1v) is 9.76.